The number of hydrogen-bond donors (Lipinski definition) is 1. The molecule has 1 aliphatic heterocycles. The van der Waals surface area contributed by atoms with Crippen LogP contribution in [0.15, 0.2) is 42.5 Å². The minimum absolute atomic E-state index is 0.202. The normalized spacial score (nSPS) is 26.7. The van der Waals surface area contributed by atoms with Gasteiger partial charge in [-0.3, -0.25) is 4.79 Å². The average molecular weight is 308 g/mol. The maximum Gasteiger partial charge on any atom is 0.226 e. The Kier molecular flexibility index (Phi) is 3.82. The Hall–Kier alpha value is -1.87. The number of benzene rings is 2. The summed E-state index contributed by atoms with van der Waals surface area (Å²) in [6, 6.07) is 15.5. The third-order valence-electron chi connectivity index (χ3n) is 5.41. The van der Waals surface area contributed by atoms with Gasteiger partial charge in [0.25, 0.3) is 0 Å². The zero-order chi connectivity index (χ0) is 15.8. The molecule has 3 atom stereocenters. The van der Waals surface area contributed by atoms with Crippen molar-refractivity contribution in [3.05, 3.63) is 48.0 Å². The van der Waals surface area contributed by atoms with Gasteiger partial charge >= 0.3 is 0 Å². The maximum atomic E-state index is 12.8. The molecule has 3 nitrogen and oxygen atoms in total. The Bertz CT molecular complexity index is 726. The monoisotopic (exact) mass is 308 g/mol. The molecule has 2 aromatic carbocycles. The van der Waals surface area contributed by atoms with E-state index >= 15 is 0 Å². The van der Waals surface area contributed by atoms with Crippen LogP contribution >= 0.6 is 0 Å². The fourth-order valence-corrected chi connectivity index (χ4v) is 4.06. The van der Waals surface area contributed by atoms with Gasteiger partial charge in [0.15, 0.2) is 0 Å². The lowest BCUT2D eigenvalue weighted by atomic mass is 10.0. The van der Waals surface area contributed by atoms with E-state index in [0.717, 1.165) is 32.4 Å². The van der Waals surface area contributed by atoms with Crippen LogP contribution in [0.25, 0.3) is 10.8 Å². The molecule has 2 aromatic rings. The van der Waals surface area contributed by atoms with Crippen LogP contribution in [0.2, 0.25) is 0 Å². The Morgan fingerprint density at radius 2 is 2.04 bits per heavy atom. The SMILES string of the molecule is CNCC1CCCN1C(=O)C1CC1c1ccc2ccccc2c1. The second-order valence-corrected chi connectivity index (χ2v) is 6.94. The number of carbonyl (C=O) groups is 1. The predicted molar refractivity (Wildman–Crippen MR) is 93.5 cm³/mol. The number of rotatable bonds is 4. The first kappa shape index (κ1) is 14.7. The van der Waals surface area contributed by atoms with Gasteiger partial charge in [0.05, 0.1) is 0 Å². The second kappa shape index (κ2) is 5.97. The Morgan fingerprint density at radius 3 is 2.87 bits per heavy atom. The molecule has 2 aliphatic rings. The molecule has 1 N–H and O–H groups in total. The first-order valence-corrected chi connectivity index (χ1v) is 8.71. The van der Waals surface area contributed by atoms with Crippen molar-refractivity contribution in [3.63, 3.8) is 0 Å². The third-order valence-corrected chi connectivity index (χ3v) is 5.41. The van der Waals surface area contributed by atoms with Crippen molar-refractivity contribution in [1.29, 1.82) is 0 Å². The summed E-state index contributed by atoms with van der Waals surface area (Å²) in [5.74, 6) is 0.998. The van der Waals surface area contributed by atoms with E-state index in [0.29, 0.717) is 17.9 Å². The standard InChI is InChI=1S/C20H24N2O/c1-21-13-17-7-4-10-22(17)20(23)19-12-18(19)16-9-8-14-5-2-3-6-15(14)11-16/h2-3,5-6,8-9,11,17-19,21H,4,7,10,12-13H2,1H3. The van der Waals surface area contributed by atoms with Crippen molar-refractivity contribution in [1.82, 2.24) is 10.2 Å². The minimum Gasteiger partial charge on any atom is -0.338 e. The fourth-order valence-electron chi connectivity index (χ4n) is 4.06. The van der Waals surface area contributed by atoms with Gasteiger partial charge in [0.1, 0.15) is 0 Å². The molecule has 2 fully saturated rings. The number of amides is 1. The lowest BCUT2D eigenvalue weighted by Crippen LogP contribution is -2.41. The summed E-state index contributed by atoms with van der Waals surface area (Å²) in [4.78, 5) is 15.0. The molecule has 0 aromatic heterocycles. The molecule has 0 radical (unpaired) electrons. The minimum atomic E-state index is 0.202. The van der Waals surface area contributed by atoms with Crippen LogP contribution < -0.4 is 5.32 Å². The molecule has 1 aliphatic carbocycles. The quantitative estimate of drug-likeness (QED) is 0.941. The van der Waals surface area contributed by atoms with Crippen LogP contribution in [0.4, 0.5) is 0 Å². The Balaban J connectivity index is 1.49. The highest BCUT2D eigenvalue weighted by Crippen LogP contribution is 2.49. The van der Waals surface area contributed by atoms with Gasteiger partial charge in [-0.25, -0.2) is 0 Å². The first-order chi connectivity index (χ1) is 11.3. The molecule has 1 saturated heterocycles. The lowest BCUT2D eigenvalue weighted by Gasteiger charge is -2.24. The highest BCUT2D eigenvalue weighted by Gasteiger charge is 2.47. The van der Waals surface area contributed by atoms with Gasteiger partial charge in [0.2, 0.25) is 5.91 Å². The number of fused-ring (bicyclic) bond motifs is 1. The van der Waals surface area contributed by atoms with Crippen LogP contribution in [0.3, 0.4) is 0 Å². The molecule has 1 heterocycles. The third kappa shape index (κ3) is 2.74. The lowest BCUT2D eigenvalue weighted by molar-refractivity contribution is -0.133. The second-order valence-electron chi connectivity index (χ2n) is 6.94. The van der Waals surface area contributed by atoms with E-state index in [-0.39, 0.29) is 5.92 Å². The molecule has 3 unspecified atom stereocenters. The van der Waals surface area contributed by atoms with E-state index in [1.165, 1.54) is 16.3 Å². The van der Waals surface area contributed by atoms with Crippen molar-refractivity contribution in [2.45, 2.75) is 31.2 Å². The van der Waals surface area contributed by atoms with E-state index in [2.05, 4.69) is 52.7 Å². The zero-order valence-corrected chi connectivity index (χ0v) is 13.7. The van der Waals surface area contributed by atoms with Crippen LogP contribution in [0, 0.1) is 5.92 Å². The molecule has 0 spiro atoms. The molecule has 4 rings (SSSR count). The Labute approximate surface area is 137 Å². The summed E-state index contributed by atoms with van der Waals surface area (Å²) in [6.07, 6.45) is 3.30. The van der Waals surface area contributed by atoms with Crippen molar-refractivity contribution in [2.24, 2.45) is 5.92 Å². The van der Waals surface area contributed by atoms with Crippen LogP contribution in [0.5, 0.6) is 0 Å². The molecule has 0 bridgehead atoms. The predicted octanol–water partition coefficient (Wildman–Crippen LogP) is 3.15. The van der Waals surface area contributed by atoms with E-state index in [9.17, 15) is 4.79 Å². The molecule has 3 heteroatoms. The van der Waals surface area contributed by atoms with Gasteiger partial charge in [-0.15, -0.1) is 0 Å². The van der Waals surface area contributed by atoms with Crippen LogP contribution in [-0.2, 0) is 4.79 Å². The Morgan fingerprint density at radius 1 is 1.22 bits per heavy atom. The summed E-state index contributed by atoms with van der Waals surface area (Å²) in [6.45, 7) is 1.85. The highest BCUT2D eigenvalue weighted by atomic mass is 16.2. The van der Waals surface area contributed by atoms with Gasteiger partial charge in [0, 0.05) is 25.0 Å². The van der Waals surface area contributed by atoms with Gasteiger partial charge < -0.3 is 10.2 Å². The summed E-state index contributed by atoms with van der Waals surface area (Å²) >= 11 is 0. The number of nitrogens with one attached hydrogen (secondary N) is 1. The number of likely N-dealkylation sites (N-methyl/N-ethyl adjacent to an activating group) is 1. The van der Waals surface area contributed by atoms with Gasteiger partial charge in [-0.1, -0.05) is 42.5 Å². The smallest absolute Gasteiger partial charge is 0.226 e. The van der Waals surface area contributed by atoms with Gasteiger partial charge in [-0.2, -0.15) is 0 Å². The summed E-state index contributed by atoms with van der Waals surface area (Å²) in [7, 11) is 1.97. The summed E-state index contributed by atoms with van der Waals surface area (Å²) < 4.78 is 0. The average Bonchev–Trinajstić information content (AvgIpc) is 3.26. The molecular formula is C20H24N2O. The van der Waals surface area contributed by atoms with Crippen molar-refractivity contribution < 1.29 is 4.79 Å². The fraction of sp³-hybridized carbons (Fsp3) is 0.450. The van der Waals surface area contributed by atoms with E-state index in [4.69, 9.17) is 0 Å². The van der Waals surface area contributed by atoms with Crippen LogP contribution in [0.1, 0.15) is 30.7 Å². The van der Waals surface area contributed by atoms with Gasteiger partial charge in [-0.05, 0) is 48.6 Å². The number of carbonyl (C=O) groups excluding carboxylic acids is 1. The topological polar surface area (TPSA) is 32.3 Å². The van der Waals surface area contributed by atoms with Crippen molar-refractivity contribution in [3.8, 4) is 0 Å². The van der Waals surface area contributed by atoms with E-state index in [1.54, 1.807) is 0 Å². The number of likely N-dealkylation sites (tertiary alicyclic amines) is 1. The van der Waals surface area contributed by atoms with Crippen molar-refractivity contribution in [2.75, 3.05) is 20.1 Å². The largest absolute Gasteiger partial charge is 0.338 e. The molecule has 1 saturated carbocycles. The number of hydrogen-bond acceptors (Lipinski definition) is 2. The zero-order valence-electron chi connectivity index (χ0n) is 13.7. The molecule has 23 heavy (non-hydrogen) atoms. The summed E-state index contributed by atoms with van der Waals surface area (Å²) in [5, 5.41) is 5.77. The maximum absolute atomic E-state index is 12.8. The molecule has 1 amide bonds. The molecule has 120 valence electrons. The first-order valence-electron chi connectivity index (χ1n) is 8.71. The highest BCUT2D eigenvalue weighted by molar-refractivity contribution is 5.86. The molecular weight excluding hydrogens is 284 g/mol. The van der Waals surface area contributed by atoms with Crippen molar-refractivity contribution >= 4 is 16.7 Å². The van der Waals surface area contributed by atoms with Crippen LogP contribution in [-0.4, -0.2) is 37.0 Å². The summed E-state index contributed by atoms with van der Waals surface area (Å²) in [5.41, 5.74) is 1.33. The van der Waals surface area contributed by atoms with E-state index in [1.807, 2.05) is 7.05 Å². The number of nitrogens with zero attached hydrogens (tertiary/aromatic N) is 1. The van der Waals surface area contributed by atoms with E-state index < -0.39 is 0 Å².